The van der Waals surface area contributed by atoms with E-state index < -0.39 is 0 Å². The zero-order chi connectivity index (χ0) is 20.2. The van der Waals surface area contributed by atoms with Crippen molar-refractivity contribution in [1.29, 1.82) is 5.41 Å². The molecule has 3 aromatic carbocycles. The van der Waals surface area contributed by atoms with Crippen LogP contribution in [0.2, 0.25) is 0 Å². The average molecular weight is 385 g/mol. The summed E-state index contributed by atoms with van der Waals surface area (Å²) in [6, 6.07) is 23.3. The highest BCUT2D eigenvalue weighted by Gasteiger charge is 2.24. The minimum atomic E-state index is -0.0822. The van der Waals surface area contributed by atoms with Crippen molar-refractivity contribution < 1.29 is 9.53 Å². The molecule has 1 aliphatic heterocycles. The highest BCUT2D eigenvalue weighted by atomic mass is 16.5. The largest absolute Gasteiger partial charge is 0.493 e. The van der Waals surface area contributed by atoms with Crippen molar-refractivity contribution in [2.24, 2.45) is 5.73 Å². The first-order valence-electron chi connectivity index (χ1n) is 9.66. The Hall–Kier alpha value is -3.60. The zero-order valence-corrected chi connectivity index (χ0v) is 16.0. The van der Waals surface area contributed by atoms with E-state index in [2.05, 4.69) is 5.32 Å². The maximum absolute atomic E-state index is 12.5. The highest BCUT2D eigenvalue weighted by molar-refractivity contribution is 5.95. The molecule has 0 saturated carbocycles. The number of carbonyl (C=O) groups excluding carboxylic acids is 1. The van der Waals surface area contributed by atoms with Crippen LogP contribution in [0.3, 0.4) is 0 Å². The monoisotopic (exact) mass is 385 g/mol. The fourth-order valence-electron chi connectivity index (χ4n) is 3.59. The molecule has 0 radical (unpaired) electrons. The van der Waals surface area contributed by atoms with Crippen LogP contribution in [0.5, 0.6) is 5.75 Å². The summed E-state index contributed by atoms with van der Waals surface area (Å²) in [5, 5.41) is 10.6. The van der Waals surface area contributed by atoms with Crippen molar-refractivity contribution in [2.75, 3.05) is 13.2 Å². The number of rotatable bonds is 6. The maximum atomic E-state index is 12.5. The van der Waals surface area contributed by atoms with E-state index in [0.717, 1.165) is 28.9 Å². The molecule has 1 atom stereocenters. The minimum absolute atomic E-state index is 0.0469. The van der Waals surface area contributed by atoms with Crippen molar-refractivity contribution in [1.82, 2.24) is 5.32 Å². The van der Waals surface area contributed by atoms with Crippen molar-refractivity contribution >= 4 is 11.7 Å². The summed E-state index contributed by atoms with van der Waals surface area (Å²) >= 11 is 0. The molecular weight excluding hydrogens is 362 g/mol. The van der Waals surface area contributed by atoms with E-state index in [1.807, 2.05) is 66.7 Å². The molecule has 3 aromatic rings. The normalized spacial score (nSPS) is 14.7. The lowest BCUT2D eigenvalue weighted by Gasteiger charge is -2.11. The third kappa shape index (κ3) is 4.14. The first kappa shape index (κ1) is 18.7. The van der Waals surface area contributed by atoms with Gasteiger partial charge in [-0.15, -0.1) is 0 Å². The van der Waals surface area contributed by atoms with E-state index in [9.17, 15) is 4.79 Å². The van der Waals surface area contributed by atoms with Crippen LogP contribution in [-0.4, -0.2) is 24.9 Å². The van der Waals surface area contributed by atoms with Gasteiger partial charge in [-0.05, 0) is 47.9 Å². The van der Waals surface area contributed by atoms with Crippen molar-refractivity contribution in [3.8, 4) is 16.9 Å². The van der Waals surface area contributed by atoms with Gasteiger partial charge in [-0.2, -0.15) is 0 Å². The number of benzene rings is 3. The van der Waals surface area contributed by atoms with E-state index >= 15 is 0 Å². The van der Waals surface area contributed by atoms with Crippen molar-refractivity contribution in [2.45, 2.75) is 12.3 Å². The van der Waals surface area contributed by atoms with Crippen LogP contribution in [0.15, 0.2) is 72.8 Å². The molecule has 0 saturated heterocycles. The number of nitrogen functional groups attached to an aromatic ring is 1. The first-order chi connectivity index (χ1) is 14.1. The van der Waals surface area contributed by atoms with Gasteiger partial charge in [0.1, 0.15) is 11.6 Å². The minimum Gasteiger partial charge on any atom is -0.493 e. The van der Waals surface area contributed by atoms with Gasteiger partial charge in [0.05, 0.1) is 6.61 Å². The summed E-state index contributed by atoms with van der Waals surface area (Å²) in [4.78, 5) is 12.5. The quantitative estimate of drug-likeness (QED) is 0.444. The summed E-state index contributed by atoms with van der Waals surface area (Å²) < 4.78 is 5.72. The number of nitrogens with two attached hydrogens (primary N) is 1. The molecule has 146 valence electrons. The molecular formula is C24H23N3O2. The number of amidine groups is 1. The Balaban J connectivity index is 1.34. The highest BCUT2D eigenvalue weighted by Crippen LogP contribution is 2.36. The predicted octanol–water partition coefficient (Wildman–Crippen LogP) is 3.93. The molecule has 0 aliphatic carbocycles. The fraction of sp³-hybridized carbons (Fsp3) is 0.167. The Bertz CT molecular complexity index is 1030. The Morgan fingerprint density at radius 1 is 1.00 bits per heavy atom. The second-order valence-corrected chi connectivity index (χ2v) is 7.16. The lowest BCUT2D eigenvalue weighted by atomic mass is 9.96. The average Bonchev–Trinajstić information content (AvgIpc) is 3.16. The first-order valence-corrected chi connectivity index (χ1v) is 9.66. The van der Waals surface area contributed by atoms with Gasteiger partial charge in [-0.25, -0.2) is 0 Å². The summed E-state index contributed by atoms with van der Waals surface area (Å²) in [5.41, 5.74) is 10.2. The van der Waals surface area contributed by atoms with Crippen LogP contribution in [0.4, 0.5) is 0 Å². The Morgan fingerprint density at radius 2 is 1.69 bits per heavy atom. The van der Waals surface area contributed by atoms with E-state index in [1.54, 1.807) is 6.07 Å². The predicted molar refractivity (Wildman–Crippen MR) is 115 cm³/mol. The fourth-order valence-corrected chi connectivity index (χ4v) is 3.59. The van der Waals surface area contributed by atoms with Crippen LogP contribution in [0.25, 0.3) is 11.1 Å². The number of nitrogens with one attached hydrogen (secondary N) is 2. The number of carbonyl (C=O) groups is 1. The zero-order valence-electron chi connectivity index (χ0n) is 16.0. The molecule has 29 heavy (non-hydrogen) atoms. The Labute approximate surface area is 170 Å². The number of amides is 1. The van der Waals surface area contributed by atoms with Crippen LogP contribution in [0.1, 0.15) is 33.8 Å². The maximum Gasteiger partial charge on any atom is 0.251 e. The standard InChI is InChI=1S/C24H23N3O2/c25-23(26)19-10-11-22-21(14-19)20(15-29-22)12-13-27-24(28)18-8-6-17(7-9-18)16-4-2-1-3-5-16/h1-11,14,20H,12-13,15H2,(H3,25,26)(H,27,28). The third-order valence-electron chi connectivity index (χ3n) is 5.23. The molecule has 0 fully saturated rings. The van der Waals surface area contributed by atoms with E-state index in [4.69, 9.17) is 15.9 Å². The molecule has 1 aliphatic rings. The van der Waals surface area contributed by atoms with Crippen molar-refractivity contribution in [3.63, 3.8) is 0 Å². The summed E-state index contributed by atoms with van der Waals surface area (Å²) in [6.45, 7) is 1.13. The molecule has 5 nitrogen and oxygen atoms in total. The van der Waals surface area contributed by atoms with Gasteiger partial charge in [0.25, 0.3) is 5.91 Å². The Kier molecular flexibility index (Phi) is 5.29. The van der Waals surface area contributed by atoms with E-state index in [0.29, 0.717) is 24.3 Å². The lowest BCUT2D eigenvalue weighted by Crippen LogP contribution is -2.25. The van der Waals surface area contributed by atoms with Gasteiger partial charge >= 0.3 is 0 Å². The SMILES string of the molecule is N=C(N)c1ccc2c(c1)C(CCNC(=O)c1ccc(-c3ccccc3)cc1)CO2. The summed E-state index contributed by atoms with van der Waals surface area (Å²) in [6.07, 6.45) is 0.766. The number of hydrogen-bond donors (Lipinski definition) is 3. The molecule has 0 spiro atoms. The third-order valence-corrected chi connectivity index (χ3v) is 5.23. The second-order valence-electron chi connectivity index (χ2n) is 7.16. The summed E-state index contributed by atoms with van der Waals surface area (Å²) in [5.74, 6) is 0.986. The Morgan fingerprint density at radius 3 is 2.41 bits per heavy atom. The van der Waals surface area contributed by atoms with Gasteiger partial charge in [-0.1, -0.05) is 42.5 Å². The van der Waals surface area contributed by atoms with Crippen LogP contribution in [0, 0.1) is 5.41 Å². The molecule has 1 heterocycles. The number of ether oxygens (including phenoxy) is 1. The number of hydrogen-bond acceptors (Lipinski definition) is 3. The molecule has 1 unspecified atom stereocenters. The van der Waals surface area contributed by atoms with Gasteiger partial charge < -0.3 is 15.8 Å². The van der Waals surface area contributed by atoms with Crippen LogP contribution >= 0.6 is 0 Å². The summed E-state index contributed by atoms with van der Waals surface area (Å²) in [7, 11) is 0. The lowest BCUT2D eigenvalue weighted by molar-refractivity contribution is 0.0952. The van der Waals surface area contributed by atoms with Crippen molar-refractivity contribution in [3.05, 3.63) is 89.5 Å². The second kappa shape index (κ2) is 8.19. The van der Waals surface area contributed by atoms with Gasteiger partial charge in [0, 0.05) is 29.2 Å². The van der Waals surface area contributed by atoms with Gasteiger partial charge in [-0.3, -0.25) is 10.2 Å². The molecule has 1 amide bonds. The molecule has 0 bridgehead atoms. The smallest absolute Gasteiger partial charge is 0.251 e. The number of fused-ring (bicyclic) bond motifs is 1. The van der Waals surface area contributed by atoms with E-state index in [1.165, 1.54) is 0 Å². The molecule has 0 aromatic heterocycles. The van der Waals surface area contributed by atoms with Gasteiger partial charge in [0.15, 0.2) is 0 Å². The molecule has 5 heteroatoms. The van der Waals surface area contributed by atoms with Gasteiger partial charge in [0.2, 0.25) is 0 Å². The van der Waals surface area contributed by atoms with Crippen LogP contribution in [-0.2, 0) is 0 Å². The van der Waals surface area contributed by atoms with E-state index in [-0.39, 0.29) is 17.7 Å². The van der Waals surface area contributed by atoms with Crippen LogP contribution < -0.4 is 15.8 Å². The molecule has 4 N–H and O–H groups in total. The topological polar surface area (TPSA) is 88.2 Å². The molecule has 4 rings (SSSR count).